The Hall–Kier alpha value is -4.81. The number of likely N-dealkylation sites (tertiary alicyclic amines) is 2. The van der Waals surface area contributed by atoms with E-state index in [1.54, 1.807) is 18.2 Å². The van der Waals surface area contributed by atoms with Crippen molar-refractivity contribution in [2.75, 3.05) is 26.2 Å². The fourth-order valence-electron chi connectivity index (χ4n) is 6.23. The number of nitriles is 1. The van der Waals surface area contributed by atoms with E-state index in [0.29, 0.717) is 23.2 Å². The number of nitrogens with two attached hydrogens (primary N) is 1. The molecule has 0 radical (unpaired) electrons. The summed E-state index contributed by atoms with van der Waals surface area (Å²) in [6.45, 7) is 4.41. The number of nitrogens with zero attached hydrogens (tertiary/aromatic N) is 5. The predicted molar refractivity (Wildman–Crippen MR) is 171 cm³/mol. The van der Waals surface area contributed by atoms with Crippen LogP contribution >= 0.6 is 0 Å². The predicted octanol–water partition coefficient (Wildman–Crippen LogP) is 5.61. The number of piperidine rings is 2. The van der Waals surface area contributed by atoms with E-state index in [1.165, 1.54) is 23.9 Å². The molecule has 9 heteroatoms. The van der Waals surface area contributed by atoms with Gasteiger partial charge in [0.25, 0.3) is 11.8 Å². The van der Waals surface area contributed by atoms with Crippen LogP contribution in [0.15, 0.2) is 91.3 Å². The van der Waals surface area contributed by atoms with Crippen LogP contribution < -0.4 is 5.73 Å². The molecular weight excluding hydrogens is 567 g/mol. The maximum Gasteiger partial charge on any atom is 0.270 e. The molecule has 45 heavy (non-hydrogen) atoms. The first-order chi connectivity index (χ1) is 21.9. The minimum Gasteiger partial charge on any atom is -0.364 e. The first-order valence-electron chi connectivity index (χ1n) is 15.5. The molecule has 1 unspecified atom stereocenters. The molecule has 0 saturated carbocycles. The monoisotopic (exact) mass is 606 g/mol. The Morgan fingerprint density at radius 3 is 2.29 bits per heavy atom. The fraction of sp³-hybridized carbons (Fsp3) is 0.333. The topological polar surface area (TPSA) is 108 Å². The second-order valence-electron chi connectivity index (χ2n) is 11.8. The highest BCUT2D eigenvalue weighted by Gasteiger charge is 2.29. The summed E-state index contributed by atoms with van der Waals surface area (Å²) >= 11 is 0. The van der Waals surface area contributed by atoms with Crippen LogP contribution in [0.3, 0.4) is 0 Å². The molecule has 232 valence electrons. The largest absolute Gasteiger partial charge is 0.364 e. The van der Waals surface area contributed by atoms with E-state index in [4.69, 9.17) is 11.0 Å². The highest BCUT2D eigenvalue weighted by molar-refractivity contribution is 5.93. The lowest BCUT2D eigenvalue weighted by Gasteiger charge is -2.35. The summed E-state index contributed by atoms with van der Waals surface area (Å²) in [7, 11) is 0. The van der Waals surface area contributed by atoms with Gasteiger partial charge in [0.2, 0.25) is 0 Å². The minimum atomic E-state index is -0.490. The summed E-state index contributed by atoms with van der Waals surface area (Å²) < 4.78 is 15.5. The number of carbonyl (C=O) groups is 2. The van der Waals surface area contributed by atoms with Crippen molar-refractivity contribution in [3.63, 3.8) is 0 Å². The minimum absolute atomic E-state index is 0.129. The Morgan fingerprint density at radius 2 is 1.64 bits per heavy atom. The maximum atomic E-state index is 13.5. The number of primary amides is 1. The van der Waals surface area contributed by atoms with Crippen LogP contribution in [0.1, 0.15) is 69.4 Å². The molecule has 2 aliphatic heterocycles. The molecule has 0 bridgehead atoms. The molecule has 0 aliphatic carbocycles. The lowest BCUT2D eigenvalue weighted by molar-refractivity contribution is 0.0655. The third-order valence-corrected chi connectivity index (χ3v) is 8.60. The van der Waals surface area contributed by atoms with Gasteiger partial charge in [0.1, 0.15) is 17.2 Å². The highest BCUT2D eigenvalue weighted by Crippen LogP contribution is 2.28. The standard InChI is InChI=1S/C30H33FN4O.C6H6N2O/c31-27-11-9-23(10-12-27)19-26-3-1-15-34(22-26)30(36)29-4-2-16-35(29)28-13-17-33(18-14-28)21-25-7-5-24(20-32)6-8-25;7-6(9)5-3-1-2-4-8-5/h2,4-12,16,26,28H,1,3,13-15,17-19,21-22H2;1-4H,(H2,7,9). The van der Waals surface area contributed by atoms with E-state index in [2.05, 4.69) is 26.7 Å². The van der Waals surface area contributed by atoms with Gasteiger partial charge >= 0.3 is 0 Å². The van der Waals surface area contributed by atoms with Gasteiger partial charge in [-0.3, -0.25) is 19.5 Å². The normalized spacial score (nSPS) is 17.2. The van der Waals surface area contributed by atoms with E-state index in [0.717, 1.165) is 76.1 Å². The summed E-state index contributed by atoms with van der Waals surface area (Å²) in [5.41, 5.74) is 9.06. The Morgan fingerprint density at radius 1 is 0.911 bits per heavy atom. The van der Waals surface area contributed by atoms with Gasteiger partial charge in [-0.05, 0) is 97.7 Å². The Kier molecular flexibility index (Phi) is 10.7. The first kappa shape index (κ1) is 31.6. The Labute approximate surface area is 263 Å². The number of hydrogen-bond donors (Lipinski definition) is 1. The Bertz CT molecular complexity index is 1590. The molecule has 8 nitrogen and oxygen atoms in total. The van der Waals surface area contributed by atoms with Crippen LogP contribution in [0.5, 0.6) is 0 Å². The van der Waals surface area contributed by atoms with E-state index in [-0.39, 0.29) is 11.7 Å². The van der Waals surface area contributed by atoms with Gasteiger partial charge in [-0.25, -0.2) is 4.39 Å². The second-order valence-corrected chi connectivity index (χ2v) is 11.8. The van der Waals surface area contributed by atoms with Gasteiger partial charge in [0.15, 0.2) is 0 Å². The van der Waals surface area contributed by atoms with Crippen LogP contribution in [0, 0.1) is 23.1 Å². The van der Waals surface area contributed by atoms with Crippen LogP contribution in [0.25, 0.3) is 0 Å². The number of aromatic nitrogens is 2. The molecule has 6 rings (SSSR count). The molecule has 2 fully saturated rings. The zero-order valence-electron chi connectivity index (χ0n) is 25.4. The summed E-state index contributed by atoms with van der Waals surface area (Å²) in [6.07, 6.45) is 8.60. The van der Waals surface area contributed by atoms with Crippen LogP contribution in [0.4, 0.5) is 4.39 Å². The second kappa shape index (κ2) is 15.3. The molecule has 2 aliphatic rings. The van der Waals surface area contributed by atoms with E-state index >= 15 is 0 Å². The molecule has 2 N–H and O–H groups in total. The molecular formula is C36H39FN6O2. The van der Waals surface area contributed by atoms with Crippen molar-refractivity contribution in [2.45, 2.75) is 44.7 Å². The molecule has 2 aromatic carbocycles. The van der Waals surface area contributed by atoms with E-state index in [9.17, 15) is 14.0 Å². The smallest absolute Gasteiger partial charge is 0.270 e. The number of benzene rings is 2. The summed E-state index contributed by atoms with van der Waals surface area (Å²) in [4.78, 5) is 32.1. The van der Waals surface area contributed by atoms with E-state index in [1.807, 2.05) is 53.4 Å². The van der Waals surface area contributed by atoms with E-state index < -0.39 is 5.91 Å². The molecule has 2 saturated heterocycles. The van der Waals surface area contributed by atoms with Crippen LogP contribution in [0.2, 0.25) is 0 Å². The van der Waals surface area contributed by atoms with Crippen molar-refractivity contribution >= 4 is 11.8 Å². The number of rotatable bonds is 7. The maximum absolute atomic E-state index is 13.5. The zero-order chi connectivity index (χ0) is 31.6. The van der Waals surface area contributed by atoms with Crippen LogP contribution in [-0.4, -0.2) is 57.3 Å². The molecule has 4 heterocycles. The number of pyridine rings is 1. The quantitative estimate of drug-likeness (QED) is 0.294. The summed E-state index contributed by atoms with van der Waals surface area (Å²) in [5, 5.41) is 8.99. The number of amides is 2. The first-order valence-corrected chi connectivity index (χ1v) is 15.5. The average molecular weight is 607 g/mol. The lowest BCUT2D eigenvalue weighted by atomic mass is 9.91. The number of hydrogen-bond acceptors (Lipinski definition) is 5. The van der Waals surface area contributed by atoms with Gasteiger partial charge < -0.3 is 15.2 Å². The van der Waals surface area contributed by atoms with Gasteiger partial charge in [-0.2, -0.15) is 5.26 Å². The lowest BCUT2D eigenvalue weighted by Crippen LogP contribution is -2.42. The van der Waals surface area contributed by atoms with Crippen molar-refractivity contribution in [1.29, 1.82) is 5.26 Å². The molecule has 1 atom stereocenters. The SMILES string of the molecule is N#Cc1ccc(CN2CCC(n3cccc3C(=O)N3CCCC(Cc4ccc(F)cc4)C3)CC2)cc1.NC(=O)c1ccccn1. The third kappa shape index (κ3) is 8.64. The van der Waals surface area contributed by atoms with Crippen molar-refractivity contribution in [2.24, 2.45) is 11.7 Å². The molecule has 2 amide bonds. The Balaban J connectivity index is 0.000000383. The van der Waals surface area contributed by atoms with Gasteiger partial charge in [0, 0.05) is 51.2 Å². The summed E-state index contributed by atoms with van der Waals surface area (Å²) in [5.74, 6) is -0.165. The number of carbonyl (C=O) groups excluding carboxylic acids is 2. The van der Waals surface area contributed by atoms with Gasteiger partial charge in [0.05, 0.1) is 11.6 Å². The number of halogens is 1. The van der Waals surface area contributed by atoms with Crippen LogP contribution in [-0.2, 0) is 13.0 Å². The van der Waals surface area contributed by atoms with Crippen molar-refractivity contribution < 1.29 is 14.0 Å². The molecule has 0 spiro atoms. The molecule has 4 aromatic rings. The highest BCUT2D eigenvalue weighted by atomic mass is 19.1. The average Bonchev–Trinajstić information content (AvgIpc) is 3.57. The zero-order valence-corrected chi connectivity index (χ0v) is 25.4. The fourth-order valence-corrected chi connectivity index (χ4v) is 6.23. The van der Waals surface area contributed by atoms with Gasteiger partial charge in [-0.1, -0.05) is 30.3 Å². The van der Waals surface area contributed by atoms with Crippen molar-refractivity contribution in [3.8, 4) is 6.07 Å². The van der Waals surface area contributed by atoms with Crippen molar-refractivity contribution in [1.82, 2.24) is 19.4 Å². The van der Waals surface area contributed by atoms with Gasteiger partial charge in [-0.15, -0.1) is 0 Å². The summed E-state index contributed by atoms with van der Waals surface area (Å²) in [6, 6.07) is 26.1. The molecule has 2 aromatic heterocycles. The third-order valence-electron chi connectivity index (χ3n) is 8.60. The van der Waals surface area contributed by atoms with Crippen molar-refractivity contribution in [3.05, 3.63) is 125 Å².